The quantitative estimate of drug-likeness (QED) is 0.626. The van der Waals surface area contributed by atoms with Crippen molar-refractivity contribution in [2.75, 3.05) is 38.3 Å². The summed E-state index contributed by atoms with van der Waals surface area (Å²) in [6.07, 6.45) is 1.45. The number of halogens is 1. The van der Waals surface area contributed by atoms with E-state index in [0.717, 1.165) is 42.6 Å². The van der Waals surface area contributed by atoms with Crippen LogP contribution in [0.25, 0.3) is 0 Å². The molecule has 30 heavy (non-hydrogen) atoms. The number of hydrogen-bond acceptors (Lipinski definition) is 5. The summed E-state index contributed by atoms with van der Waals surface area (Å²) in [5.74, 6) is -0.364. The molecule has 2 aliphatic rings. The van der Waals surface area contributed by atoms with Crippen LogP contribution in [0.4, 0.5) is 5.69 Å². The van der Waals surface area contributed by atoms with Crippen molar-refractivity contribution in [2.45, 2.75) is 24.9 Å². The maximum atomic E-state index is 13.5. The van der Waals surface area contributed by atoms with Gasteiger partial charge in [0.1, 0.15) is 12.1 Å². The minimum absolute atomic E-state index is 0.0128. The lowest BCUT2D eigenvalue weighted by Crippen LogP contribution is -2.56. The van der Waals surface area contributed by atoms with Gasteiger partial charge in [0.2, 0.25) is 0 Å². The molecule has 2 aromatic rings. The molecule has 0 saturated carbocycles. The van der Waals surface area contributed by atoms with Crippen LogP contribution in [-0.4, -0.2) is 60.6 Å². The van der Waals surface area contributed by atoms with E-state index < -0.39 is 5.54 Å². The fourth-order valence-electron chi connectivity index (χ4n) is 4.49. The number of hydrogen-bond donors (Lipinski definition) is 0. The van der Waals surface area contributed by atoms with E-state index in [9.17, 15) is 9.59 Å². The molecule has 0 radical (unpaired) electrons. The van der Waals surface area contributed by atoms with Gasteiger partial charge in [0.05, 0.1) is 13.8 Å². The molecule has 1 spiro atoms. The molecule has 7 heteroatoms. The summed E-state index contributed by atoms with van der Waals surface area (Å²) in [4.78, 5) is 31.6. The molecule has 2 saturated heterocycles. The highest BCUT2D eigenvalue weighted by molar-refractivity contribution is 9.10. The summed E-state index contributed by atoms with van der Waals surface area (Å²) >= 11 is 3.63. The van der Waals surface area contributed by atoms with Crippen LogP contribution in [0.3, 0.4) is 0 Å². The van der Waals surface area contributed by atoms with Crippen molar-refractivity contribution in [2.24, 2.45) is 0 Å². The number of methoxy groups -OCH3 is 1. The Balaban J connectivity index is 1.54. The van der Waals surface area contributed by atoms with Gasteiger partial charge in [-0.15, -0.1) is 0 Å². The molecule has 0 bridgehead atoms. The van der Waals surface area contributed by atoms with Gasteiger partial charge in [0.25, 0.3) is 5.91 Å². The normalized spacial score (nSPS) is 18.8. The fraction of sp³-hybridized carbons (Fsp3) is 0.391. The lowest BCUT2D eigenvalue weighted by atomic mass is 9.85. The number of ether oxygens (including phenoxy) is 1. The number of benzene rings is 2. The van der Waals surface area contributed by atoms with E-state index in [1.165, 1.54) is 12.7 Å². The first kappa shape index (κ1) is 20.9. The fourth-order valence-corrected chi connectivity index (χ4v) is 4.90. The minimum Gasteiger partial charge on any atom is -0.468 e. The third kappa shape index (κ3) is 3.96. The smallest absolute Gasteiger partial charge is 0.325 e. The number of piperidine rings is 1. The van der Waals surface area contributed by atoms with E-state index in [1.807, 2.05) is 42.5 Å². The van der Waals surface area contributed by atoms with Crippen LogP contribution in [0.1, 0.15) is 18.4 Å². The van der Waals surface area contributed by atoms with Gasteiger partial charge in [0.15, 0.2) is 0 Å². The van der Waals surface area contributed by atoms with E-state index in [0.29, 0.717) is 6.67 Å². The Hall–Kier alpha value is -2.38. The SMILES string of the molecule is COC(=O)CN1CN(c2ccccc2)C2(CCN(Cc3ccccc3Br)CC2)C1=O. The molecule has 0 unspecified atom stereocenters. The molecular weight excluding hydrogens is 446 g/mol. The van der Waals surface area contributed by atoms with Crippen LogP contribution < -0.4 is 4.90 Å². The van der Waals surface area contributed by atoms with Crippen LogP contribution in [0.5, 0.6) is 0 Å². The highest BCUT2D eigenvalue weighted by atomic mass is 79.9. The Kier molecular flexibility index (Phi) is 6.11. The van der Waals surface area contributed by atoms with Crippen LogP contribution in [-0.2, 0) is 20.9 Å². The summed E-state index contributed by atoms with van der Waals surface area (Å²) in [5.41, 5.74) is 1.65. The largest absolute Gasteiger partial charge is 0.468 e. The van der Waals surface area contributed by atoms with Crippen molar-refractivity contribution in [3.05, 3.63) is 64.6 Å². The van der Waals surface area contributed by atoms with E-state index in [2.05, 4.69) is 37.9 Å². The highest BCUT2D eigenvalue weighted by Crippen LogP contribution is 2.39. The second-order valence-electron chi connectivity index (χ2n) is 7.88. The van der Waals surface area contributed by atoms with E-state index >= 15 is 0 Å². The number of para-hydroxylation sites is 1. The number of carbonyl (C=O) groups is 2. The van der Waals surface area contributed by atoms with Crippen molar-refractivity contribution in [1.29, 1.82) is 0 Å². The molecule has 2 aliphatic heterocycles. The van der Waals surface area contributed by atoms with Crippen LogP contribution in [0.2, 0.25) is 0 Å². The molecule has 6 nitrogen and oxygen atoms in total. The molecule has 0 N–H and O–H groups in total. The van der Waals surface area contributed by atoms with Gasteiger partial charge in [-0.05, 0) is 36.6 Å². The minimum atomic E-state index is -0.611. The van der Waals surface area contributed by atoms with Crippen LogP contribution in [0, 0.1) is 0 Å². The van der Waals surface area contributed by atoms with Crippen molar-refractivity contribution in [1.82, 2.24) is 9.80 Å². The number of likely N-dealkylation sites (tertiary alicyclic amines) is 1. The second-order valence-corrected chi connectivity index (χ2v) is 8.74. The Bertz CT molecular complexity index is 913. The zero-order valence-electron chi connectivity index (χ0n) is 17.1. The first-order valence-electron chi connectivity index (χ1n) is 10.2. The summed E-state index contributed by atoms with van der Waals surface area (Å²) in [6.45, 7) is 2.89. The molecule has 4 rings (SSSR count). The number of nitrogens with zero attached hydrogens (tertiary/aromatic N) is 3. The van der Waals surface area contributed by atoms with Crippen molar-refractivity contribution in [3.8, 4) is 0 Å². The maximum Gasteiger partial charge on any atom is 0.325 e. The number of esters is 1. The standard InChI is InChI=1S/C23H26BrN3O3/c1-30-21(28)16-26-17-27(19-8-3-2-4-9-19)23(22(26)29)11-13-25(14-12-23)15-18-7-5-6-10-20(18)24/h2-10H,11-17H2,1H3. The van der Waals surface area contributed by atoms with Gasteiger partial charge in [-0.1, -0.05) is 52.3 Å². The van der Waals surface area contributed by atoms with Gasteiger partial charge in [0, 0.05) is 29.8 Å². The first-order chi connectivity index (χ1) is 14.5. The molecule has 2 aromatic carbocycles. The Labute approximate surface area is 185 Å². The van der Waals surface area contributed by atoms with Gasteiger partial charge in [-0.2, -0.15) is 0 Å². The average molecular weight is 472 g/mol. The number of rotatable bonds is 5. The summed E-state index contributed by atoms with van der Waals surface area (Å²) in [6, 6.07) is 18.3. The summed E-state index contributed by atoms with van der Waals surface area (Å²) in [5, 5.41) is 0. The van der Waals surface area contributed by atoms with Gasteiger partial charge < -0.3 is 14.5 Å². The molecule has 0 aliphatic carbocycles. The van der Waals surface area contributed by atoms with E-state index in [1.54, 1.807) is 4.90 Å². The summed E-state index contributed by atoms with van der Waals surface area (Å²) in [7, 11) is 1.35. The number of carbonyl (C=O) groups excluding carboxylic acids is 2. The summed E-state index contributed by atoms with van der Waals surface area (Å²) < 4.78 is 5.92. The van der Waals surface area contributed by atoms with Crippen molar-refractivity contribution >= 4 is 33.5 Å². The Morgan fingerprint density at radius 1 is 1.07 bits per heavy atom. The monoisotopic (exact) mass is 471 g/mol. The van der Waals surface area contributed by atoms with Crippen LogP contribution >= 0.6 is 15.9 Å². The van der Waals surface area contributed by atoms with E-state index in [4.69, 9.17) is 4.74 Å². The first-order valence-corrected chi connectivity index (χ1v) is 11.0. The third-order valence-electron chi connectivity index (χ3n) is 6.16. The number of amides is 1. The number of anilines is 1. The predicted octanol–water partition coefficient (Wildman–Crippen LogP) is 3.26. The molecule has 2 fully saturated rings. The lowest BCUT2D eigenvalue weighted by molar-refractivity contribution is -0.146. The van der Waals surface area contributed by atoms with Crippen molar-refractivity contribution in [3.63, 3.8) is 0 Å². The highest BCUT2D eigenvalue weighted by Gasteiger charge is 2.54. The maximum absolute atomic E-state index is 13.5. The van der Waals surface area contributed by atoms with E-state index in [-0.39, 0.29) is 18.4 Å². The molecule has 158 valence electrons. The Morgan fingerprint density at radius 3 is 2.40 bits per heavy atom. The Morgan fingerprint density at radius 2 is 1.73 bits per heavy atom. The van der Waals surface area contributed by atoms with Gasteiger partial charge in [-0.25, -0.2) is 0 Å². The predicted molar refractivity (Wildman–Crippen MR) is 119 cm³/mol. The molecule has 0 aromatic heterocycles. The lowest BCUT2D eigenvalue weighted by Gasteiger charge is -2.43. The third-order valence-corrected chi connectivity index (χ3v) is 6.94. The molecule has 2 heterocycles. The molecule has 0 atom stereocenters. The topological polar surface area (TPSA) is 53.1 Å². The molecular formula is C23H26BrN3O3. The second kappa shape index (κ2) is 8.78. The molecule has 1 amide bonds. The zero-order valence-corrected chi connectivity index (χ0v) is 18.7. The average Bonchev–Trinajstić information content (AvgIpc) is 3.03. The van der Waals surface area contributed by atoms with Crippen LogP contribution in [0.15, 0.2) is 59.1 Å². The van der Waals surface area contributed by atoms with Gasteiger partial charge in [-0.3, -0.25) is 14.5 Å². The van der Waals surface area contributed by atoms with Crippen molar-refractivity contribution < 1.29 is 14.3 Å². The van der Waals surface area contributed by atoms with Gasteiger partial charge >= 0.3 is 5.97 Å². The zero-order chi connectivity index (χ0) is 21.1.